The van der Waals surface area contributed by atoms with Crippen molar-refractivity contribution in [3.8, 4) is 0 Å². The Morgan fingerprint density at radius 3 is 0.931 bits per heavy atom. The molecule has 0 rings (SSSR count). The molecular weight excluding hydrogens is 382 g/mol. The molecule has 0 aromatic carbocycles. The maximum Gasteiger partial charge on any atom is 0.300 e. The Bertz CT molecular complexity index is 353. The van der Waals surface area contributed by atoms with Gasteiger partial charge in [0.05, 0.1) is 0 Å². The van der Waals surface area contributed by atoms with Crippen molar-refractivity contribution in [3.05, 3.63) is 0 Å². The van der Waals surface area contributed by atoms with Crippen LogP contribution in [0.25, 0.3) is 0 Å². The molecule has 4 N–H and O–H groups in total. The smallest absolute Gasteiger partial charge is 0.300 e. The predicted octanol–water partition coefficient (Wildman–Crippen LogP) is 4.05. The number of carbonyl (C=O) groups is 4. The molecule has 0 fully saturated rings. The standard InChI is InChI=1S/C12H27N.4C2H4O2/c1-6-11-12(7-2,8-3)13(9-4)10-5;4*1-2(3)4/h6-11H2,1-5H3;4*1H3,(H,3,4). The molecule has 0 unspecified atom stereocenters. The topological polar surface area (TPSA) is 152 Å². The van der Waals surface area contributed by atoms with Crippen molar-refractivity contribution in [3.63, 3.8) is 0 Å². The van der Waals surface area contributed by atoms with E-state index in [9.17, 15) is 0 Å². The summed E-state index contributed by atoms with van der Waals surface area (Å²) >= 11 is 0. The minimum atomic E-state index is -0.833. The van der Waals surface area contributed by atoms with Crippen LogP contribution >= 0.6 is 0 Å². The van der Waals surface area contributed by atoms with Gasteiger partial charge < -0.3 is 20.4 Å². The molecule has 0 bridgehead atoms. The van der Waals surface area contributed by atoms with E-state index in [4.69, 9.17) is 39.6 Å². The van der Waals surface area contributed by atoms with Gasteiger partial charge in [-0.25, -0.2) is 0 Å². The van der Waals surface area contributed by atoms with Crippen LogP contribution in [0.4, 0.5) is 0 Å². The zero-order chi connectivity index (χ0) is 24.6. The Morgan fingerprint density at radius 1 is 0.621 bits per heavy atom. The predicted molar refractivity (Wildman–Crippen MR) is 114 cm³/mol. The summed E-state index contributed by atoms with van der Waals surface area (Å²) in [5.41, 5.74) is 0.484. The third kappa shape index (κ3) is 46.1. The number of carboxylic acids is 4. The van der Waals surface area contributed by atoms with E-state index >= 15 is 0 Å². The van der Waals surface area contributed by atoms with Crippen LogP contribution in [0.5, 0.6) is 0 Å². The van der Waals surface area contributed by atoms with Gasteiger partial charge in [-0.1, -0.05) is 41.0 Å². The first-order valence-electron chi connectivity index (χ1n) is 9.66. The summed E-state index contributed by atoms with van der Waals surface area (Å²) in [6.07, 6.45) is 5.23. The number of hydrogen-bond acceptors (Lipinski definition) is 5. The normalized spacial score (nSPS) is 9.03. The Kier molecular flexibility index (Phi) is 33.5. The van der Waals surface area contributed by atoms with E-state index in [1.807, 2.05) is 0 Å². The lowest BCUT2D eigenvalue weighted by atomic mass is 9.86. The summed E-state index contributed by atoms with van der Waals surface area (Å²) in [6, 6.07) is 0. The van der Waals surface area contributed by atoms with Crippen molar-refractivity contribution >= 4 is 23.9 Å². The molecule has 0 saturated heterocycles. The van der Waals surface area contributed by atoms with Gasteiger partial charge in [-0.2, -0.15) is 0 Å². The Balaban J connectivity index is -0.0000000984. The lowest BCUT2D eigenvalue weighted by Gasteiger charge is -2.42. The molecule has 0 spiro atoms. The van der Waals surface area contributed by atoms with Crippen LogP contribution < -0.4 is 0 Å². The Morgan fingerprint density at radius 2 is 0.828 bits per heavy atom. The summed E-state index contributed by atoms with van der Waals surface area (Å²) < 4.78 is 0. The monoisotopic (exact) mass is 425 g/mol. The van der Waals surface area contributed by atoms with Crippen LogP contribution in [0.3, 0.4) is 0 Å². The van der Waals surface area contributed by atoms with Gasteiger partial charge in [0.2, 0.25) is 0 Å². The van der Waals surface area contributed by atoms with Gasteiger partial charge in [-0.15, -0.1) is 0 Å². The highest BCUT2D eigenvalue weighted by Crippen LogP contribution is 2.28. The highest BCUT2D eigenvalue weighted by molar-refractivity contribution is 5.63. The SMILES string of the molecule is CC(=O)O.CC(=O)O.CC(=O)O.CC(=O)O.CCCC(CC)(CC)N(CC)CC. The zero-order valence-electron chi connectivity index (χ0n) is 19.6. The molecule has 0 aromatic heterocycles. The summed E-state index contributed by atoms with van der Waals surface area (Å²) in [4.78, 5) is 38.6. The highest BCUT2D eigenvalue weighted by Gasteiger charge is 2.29. The van der Waals surface area contributed by atoms with Crippen molar-refractivity contribution in [2.45, 2.75) is 93.5 Å². The molecule has 0 heterocycles. The van der Waals surface area contributed by atoms with Crippen LogP contribution in [0.2, 0.25) is 0 Å². The van der Waals surface area contributed by atoms with Gasteiger partial charge in [0.25, 0.3) is 23.9 Å². The van der Waals surface area contributed by atoms with Crippen molar-refractivity contribution in [1.82, 2.24) is 4.90 Å². The first-order valence-corrected chi connectivity index (χ1v) is 9.66. The fourth-order valence-corrected chi connectivity index (χ4v) is 2.57. The number of hydrogen-bond donors (Lipinski definition) is 4. The van der Waals surface area contributed by atoms with E-state index in [1.54, 1.807) is 0 Å². The van der Waals surface area contributed by atoms with E-state index in [1.165, 1.54) is 38.8 Å². The van der Waals surface area contributed by atoms with E-state index in [0.29, 0.717) is 5.54 Å². The molecule has 0 saturated carbocycles. The molecule has 0 radical (unpaired) electrons. The van der Waals surface area contributed by atoms with E-state index in [2.05, 4.69) is 39.5 Å². The second-order valence-electron chi connectivity index (χ2n) is 5.93. The van der Waals surface area contributed by atoms with Gasteiger partial charge >= 0.3 is 0 Å². The van der Waals surface area contributed by atoms with Gasteiger partial charge in [0, 0.05) is 33.2 Å². The molecule has 0 amide bonds. The van der Waals surface area contributed by atoms with Crippen molar-refractivity contribution < 1.29 is 39.6 Å². The second-order valence-corrected chi connectivity index (χ2v) is 5.93. The van der Waals surface area contributed by atoms with Crippen molar-refractivity contribution in [1.29, 1.82) is 0 Å². The first kappa shape index (κ1) is 37.6. The van der Waals surface area contributed by atoms with E-state index in [0.717, 1.165) is 27.7 Å². The molecular formula is C20H43NO8. The fraction of sp³-hybridized carbons (Fsp3) is 0.800. The average Bonchev–Trinajstić information content (AvgIpc) is 2.52. The van der Waals surface area contributed by atoms with Gasteiger partial charge in [-0.3, -0.25) is 24.1 Å². The maximum atomic E-state index is 9.00. The zero-order valence-corrected chi connectivity index (χ0v) is 19.6. The van der Waals surface area contributed by atoms with Gasteiger partial charge in [0.15, 0.2) is 0 Å². The van der Waals surface area contributed by atoms with E-state index in [-0.39, 0.29) is 0 Å². The number of carboxylic acid groups (broad SMARTS) is 4. The van der Waals surface area contributed by atoms with Crippen LogP contribution in [-0.4, -0.2) is 67.8 Å². The lowest BCUT2D eigenvalue weighted by molar-refractivity contribution is -0.135. The molecule has 0 aromatic rings. The van der Waals surface area contributed by atoms with Gasteiger partial charge in [-0.05, 0) is 32.4 Å². The molecule has 0 aliphatic rings. The minimum absolute atomic E-state index is 0.484. The molecule has 29 heavy (non-hydrogen) atoms. The summed E-state index contributed by atoms with van der Waals surface area (Å²) in [5.74, 6) is -3.33. The molecule has 0 aliphatic carbocycles. The number of rotatable bonds is 7. The molecule has 0 aliphatic heterocycles. The third-order valence-corrected chi connectivity index (χ3v) is 3.47. The minimum Gasteiger partial charge on any atom is -0.481 e. The average molecular weight is 426 g/mol. The van der Waals surface area contributed by atoms with Gasteiger partial charge in [0.1, 0.15) is 0 Å². The Labute approximate surface area is 175 Å². The number of nitrogens with zero attached hydrogens (tertiary/aromatic N) is 1. The summed E-state index contributed by atoms with van der Waals surface area (Å²) in [7, 11) is 0. The summed E-state index contributed by atoms with van der Waals surface area (Å²) in [6.45, 7) is 18.2. The fourth-order valence-electron chi connectivity index (χ4n) is 2.57. The summed E-state index contributed by atoms with van der Waals surface area (Å²) in [5, 5.41) is 29.7. The van der Waals surface area contributed by atoms with Crippen molar-refractivity contribution in [2.24, 2.45) is 0 Å². The van der Waals surface area contributed by atoms with E-state index < -0.39 is 23.9 Å². The third-order valence-electron chi connectivity index (χ3n) is 3.47. The van der Waals surface area contributed by atoms with Crippen LogP contribution in [0.1, 0.15) is 88.0 Å². The molecule has 9 heteroatoms. The molecule has 176 valence electrons. The lowest BCUT2D eigenvalue weighted by Crippen LogP contribution is -2.47. The highest BCUT2D eigenvalue weighted by atomic mass is 16.4. The van der Waals surface area contributed by atoms with Crippen LogP contribution in [0.15, 0.2) is 0 Å². The maximum absolute atomic E-state index is 9.00. The van der Waals surface area contributed by atoms with Crippen LogP contribution in [-0.2, 0) is 19.2 Å². The van der Waals surface area contributed by atoms with Crippen LogP contribution in [0, 0.1) is 0 Å². The molecule has 9 nitrogen and oxygen atoms in total. The second kappa shape index (κ2) is 25.8. The molecule has 0 atom stereocenters. The Hall–Kier alpha value is -2.16. The quantitative estimate of drug-likeness (QED) is 0.473. The first-order chi connectivity index (χ1) is 13.1. The number of aliphatic carboxylic acids is 4. The van der Waals surface area contributed by atoms with Crippen molar-refractivity contribution in [2.75, 3.05) is 13.1 Å². The largest absolute Gasteiger partial charge is 0.481 e.